The van der Waals surface area contributed by atoms with Crippen LogP contribution in [0, 0.1) is 5.41 Å². The Bertz CT molecular complexity index is 117. The van der Waals surface area contributed by atoms with Gasteiger partial charge >= 0.3 is 0 Å². The van der Waals surface area contributed by atoms with Gasteiger partial charge in [-0.25, -0.2) is 0 Å². The van der Waals surface area contributed by atoms with Crippen molar-refractivity contribution < 1.29 is 3.95 Å². The van der Waals surface area contributed by atoms with Crippen LogP contribution in [0.4, 0.5) is 0 Å². The van der Waals surface area contributed by atoms with Gasteiger partial charge in [0.25, 0.3) is 12.4 Å². The van der Waals surface area contributed by atoms with E-state index in [1.54, 1.807) is 0 Å². The van der Waals surface area contributed by atoms with Gasteiger partial charge in [-0.2, -0.15) is 3.95 Å². The van der Waals surface area contributed by atoms with Crippen LogP contribution in [0.2, 0.25) is 0 Å². The Morgan fingerprint density at radius 1 is 1.22 bits per heavy atom. The second-order valence-corrected chi connectivity index (χ2v) is 4.11. The zero-order chi connectivity index (χ0) is 6.91. The van der Waals surface area contributed by atoms with Crippen molar-refractivity contribution in [2.45, 2.75) is 26.7 Å². The van der Waals surface area contributed by atoms with E-state index >= 15 is 0 Å². The van der Waals surface area contributed by atoms with E-state index in [2.05, 4.69) is 13.8 Å². The molecule has 1 fully saturated rings. The van der Waals surface area contributed by atoms with Crippen LogP contribution in [-0.2, 0) is 12.4 Å². The number of rotatable bonds is 0. The summed E-state index contributed by atoms with van der Waals surface area (Å²) in [5, 5.41) is 0. The monoisotopic (exact) mass is 144 g/mol. The summed E-state index contributed by atoms with van der Waals surface area (Å²) < 4.78 is 1.99. The maximum absolute atomic E-state index is 5.02. The second-order valence-electron chi connectivity index (χ2n) is 3.59. The Balaban J connectivity index is 2.44. The highest BCUT2D eigenvalue weighted by molar-refractivity contribution is 7.44. The smallest absolute Gasteiger partial charge is 0.158 e. The molecule has 0 radical (unpaired) electrons. The van der Waals surface area contributed by atoms with E-state index in [1.807, 2.05) is 3.95 Å². The Kier molecular flexibility index (Phi) is 1.85. The number of hydrogen-bond acceptors (Lipinski definition) is 1. The van der Waals surface area contributed by atoms with Gasteiger partial charge in [0.05, 0.1) is 0 Å². The first kappa shape index (κ1) is 7.13. The van der Waals surface area contributed by atoms with E-state index in [-0.39, 0.29) is 0 Å². The van der Waals surface area contributed by atoms with Gasteiger partial charge in [0.15, 0.2) is 13.1 Å². The molecular weight excluding hydrogens is 130 g/mol. The Morgan fingerprint density at radius 3 is 2.00 bits per heavy atom. The molecule has 1 rings (SSSR count). The highest BCUT2D eigenvalue weighted by Gasteiger charge is 2.27. The van der Waals surface area contributed by atoms with Crippen molar-refractivity contribution in [3.05, 3.63) is 0 Å². The molecule has 0 bridgehead atoms. The third-order valence-corrected chi connectivity index (χ3v) is 2.44. The van der Waals surface area contributed by atoms with Crippen molar-refractivity contribution in [3.63, 3.8) is 0 Å². The standard InChI is InChI=1S/C7H14NS/c1-7(2)3-5-8(9)6-4-7/h3-6H2,1-2H3/q+1. The summed E-state index contributed by atoms with van der Waals surface area (Å²) in [7, 11) is 0. The summed E-state index contributed by atoms with van der Waals surface area (Å²) in [6, 6.07) is 0. The molecule has 2 heteroatoms. The summed E-state index contributed by atoms with van der Waals surface area (Å²) in [4.78, 5) is 0. The maximum Gasteiger partial charge on any atom is 0.263 e. The minimum Gasteiger partial charge on any atom is -0.158 e. The van der Waals surface area contributed by atoms with Crippen LogP contribution < -0.4 is 0 Å². The SMILES string of the molecule is CC1(C)CC[N+](=S)CC1. The van der Waals surface area contributed by atoms with Crippen LogP contribution in [0.5, 0.6) is 0 Å². The first-order chi connectivity index (χ1) is 4.10. The summed E-state index contributed by atoms with van der Waals surface area (Å²) in [5.41, 5.74) is 0.551. The lowest BCUT2D eigenvalue weighted by Gasteiger charge is -2.25. The Labute approximate surface area is 62.2 Å². The lowest BCUT2D eigenvalue weighted by Crippen LogP contribution is -2.29. The first-order valence-corrected chi connectivity index (χ1v) is 3.89. The fourth-order valence-electron chi connectivity index (χ4n) is 1.09. The van der Waals surface area contributed by atoms with Crippen LogP contribution in [0.25, 0.3) is 0 Å². The summed E-state index contributed by atoms with van der Waals surface area (Å²) >= 11 is 5.02. The van der Waals surface area contributed by atoms with E-state index < -0.39 is 0 Å². The van der Waals surface area contributed by atoms with E-state index in [9.17, 15) is 0 Å². The average Bonchev–Trinajstić information content (AvgIpc) is 1.78. The molecule has 0 aliphatic carbocycles. The topological polar surface area (TPSA) is 3.01 Å². The van der Waals surface area contributed by atoms with Gasteiger partial charge in [0, 0.05) is 12.8 Å². The molecule has 0 spiro atoms. The van der Waals surface area contributed by atoms with Crippen molar-refractivity contribution in [2.24, 2.45) is 5.41 Å². The minimum atomic E-state index is 0.551. The number of piperidine rings is 1. The summed E-state index contributed by atoms with van der Waals surface area (Å²) in [6.07, 6.45) is 2.52. The third kappa shape index (κ3) is 2.01. The van der Waals surface area contributed by atoms with Crippen LogP contribution in [0.15, 0.2) is 0 Å². The normalized spacial score (nSPS) is 26.2. The fourth-order valence-corrected chi connectivity index (χ4v) is 1.27. The molecule has 52 valence electrons. The molecule has 1 heterocycles. The van der Waals surface area contributed by atoms with Crippen LogP contribution >= 0.6 is 0 Å². The first-order valence-electron chi connectivity index (χ1n) is 3.52. The van der Waals surface area contributed by atoms with Gasteiger partial charge in [-0.15, -0.1) is 0 Å². The molecule has 0 saturated carbocycles. The molecule has 0 unspecified atom stereocenters. The lowest BCUT2D eigenvalue weighted by atomic mass is 9.83. The van der Waals surface area contributed by atoms with E-state index in [4.69, 9.17) is 12.4 Å². The van der Waals surface area contributed by atoms with Crippen molar-refractivity contribution in [2.75, 3.05) is 13.1 Å². The van der Waals surface area contributed by atoms with Crippen molar-refractivity contribution in [1.82, 2.24) is 0 Å². The van der Waals surface area contributed by atoms with Gasteiger partial charge in [-0.1, -0.05) is 13.8 Å². The molecule has 9 heavy (non-hydrogen) atoms. The molecule has 0 aromatic rings. The molecule has 0 aromatic heterocycles. The van der Waals surface area contributed by atoms with Gasteiger partial charge < -0.3 is 0 Å². The van der Waals surface area contributed by atoms with Gasteiger partial charge in [0.1, 0.15) is 0 Å². The molecule has 0 N–H and O–H groups in total. The quantitative estimate of drug-likeness (QED) is 0.466. The molecule has 0 aromatic carbocycles. The summed E-state index contributed by atoms with van der Waals surface area (Å²) in [6.45, 7) is 6.83. The van der Waals surface area contributed by atoms with E-state index in [0.29, 0.717) is 5.41 Å². The van der Waals surface area contributed by atoms with E-state index in [0.717, 1.165) is 13.1 Å². The highest BCUT2D eigenvalue weighted by atomic mass is 32.1. The highest BCUT2D eigenvalue weighted by Crippen LogP contribution is 2.27. The van der Waals surface area contributed by atoms with Crippen molar-refractivity contribution in [3.8, 4) is 0 Å². The predicted octanol–water partition coefficient (Wildman–Crippen LogP) is 1.55. The molecule has 1 nitrogen and oxygen atoms in total. The molecular formula is C7H14NS+. The number of hydrogen-bond donors (Lipinski definition) is 0. The Hall–Kier alpha value is 0.0200. The Morgan fingerprint density at radius 2 is 1.67 bits per heavy atom. The van der Waals surface area contributed by atoms with Gasteiger partial charge in [-0.05, 0) is 5.41 Å². The second kappa shape index (κ2) is 2.33. The zero-order valence-corrected chi connectivity index (χ0v) is 7.00. The van der Waals surface area contributed by atoms with Crippen molar-refractivity contribution in [1.29, 1.82) is 0 Å². The van der Waals surface area contributed by atoms with Gasteiger partial charge in [-0.3, -0.25) is 0 Å². The summed E-state index contributed by atoms with van der Waals surface area (Å²) in [5.74, 6) is 0. The molecule has 0 amide bonds. The van der Waals surface area contributed by atoms with Gasteiger partial charge in [0.2, 0.25) is 0 Å². The maximum atomic E-state index is 5.02. The van der Waals surface area contributed by atoms with Crippen LogP contribution in [-0.4, -0.2) is 17.0 Å². The van der Waals surface area contributed by atoms with E-state index in [1.165, 1.54) is 12.8 Å². The van der Waals surface area contributed by atoms with Crippen molar-refractivity contribution >= 4 is 12.4 Å². The zero-order valence-electron chi connectivity index (χ0n) is 6.18. The lowest BCUT2D eigenvalue weighted by molar-refractivity contribution is -0.516. The largest absolute Gasteiger partial charge is 0.263 e. The molecule has 1 saturated heterocycles. The van der Waals surface area contributed by atoms with Crippen LogP contribution in [0.1, 0.15) is 26.7 Å². The predicted molar refractivity (Wildman–Crippen MR) is 40.4 cm³/mol. The molecule has 1 aliphatic heterocycles. The average molecular weight is 144 g/mol. The van der Waals surface area contributed by atoms with Crippen LogP contribution in [0.3, 0.4) is 0 Å². The minimum absolute atomic E-state index is 0.551. The molecule has 1 aliphatic rings. The third-order valence-electron chi connectivity index (χ3n) is 2.08. The fraction of sp³-hybridized carbons (Fsp3) is 1.00. The molecule has 0 atom stereocenters. The number of nitrogens with zero attached hydrogens (tertiary/aromatic N) is 1.